The first-order chi connectivity index (χ1) is 10.1. The maximum atomic E-state index is 12.1. The number of aromatic amines is 1. The maximum absolute atomic E-state index is 12.1. The first-order valence-corrected chi connectivity index (χ1v) is 7.71. The van der Waals surface area contributed by atoms with Crippen LogP contribution >= 0.6 is 22.9 Å². The van der Waals surface area contributed by atoms with Crippen LogP contribution in [0, 0.1) is 0 Å². The molecule has 2 heterocycles. The Bertz CT molecular complexity index is 683. The lowest BCUT2D eigenvalue weighted by atomic mass is 10.3. The number of carbonyl (C=O) groups excluding carboxylic acids is 1. The van der Waals surface area contributed by atoms with E-state index in [-0.39, 0.29) is 28.0 Å². The molecule has 0 fully saturated rings. The smallest absolute Gasteiger partial charge is 0.304 e. The van der Waals surface area contributed by atoms with Gasteiger partial charge in [0.2, 0.25) is 0 Å². The summed E-state index contributed by atoms with van der Waals surface area (Å²) >= 11 is 7.06. The summed E-state index contributed by atoms with van der Waals surface area (Å²) in [5.74, 6) is 0.225. The van der Waals surface area contributed by atoms with Gasteiger partial charge in [0, 0.05) is 17.6 Å². The minimum absolute atomic E-state index is 0.152. The second-order valence-corrected chi connectivity index (χ2v) is 5.56. The number of rotatable bonds is 6. The van der Waals surface area contributed by atoms with Gasteiger partial charge in [-0.15, -0.1) is 0 Å². The molecular weight excluding hydrogens is 312 g/mol. The van der Waals surface area contributed by atoms with E-state index in [9.17, 15) is 9.59 Å². The topological polar surface area (TPSA) is 86.9 Å². The predicted molar refractivity (Wildman–Crippen MR) is 84.1 cm³/mol. The van der Waals surface area contributed by atoms with E-state index in [1.165, 1.54) is 0 Å². The van der Waals surface area contributed by atoms with Gasteiger partial charge < -0.3 is 15.6 Å². The third-order valence-corrected chi connectivity index (χ3v) is 3.65. The summed E-state index contributed by atoms with van der Waals surface area (Å²) in [6.45, 7) is 3.03. The molecule has 0 saturated heterocycles. The van der Waals surface area contributed by atoms with Gasteiger partial charge in [-0.05, 0) is 18.6 Å². The molecule has 2 aromatic rings. The summed E-state index contributed by atoms with van der Waals surface area (Å²) in [5.41, 5.74) is 0.810. The van der Waals surface area contributed by atoms with Crippen LogP contribution in [0.15, 0.2) is 22.3 Å². The standard InChI is InChI=1S/C13H15ClN4O2S/c1-2-5-15-10-4-3-9(14)11(18-10)12(19)16-6-8-7-21-13(20)17-8/h3-4,7H,2,5-6H2,1H3,(H,15,18)(H,16,19)(H,17,20). The molecule has 0 aliphatic heterocycles. The molecule has 0 aromatic carbocycles. The second-order valence-electron chi connectivity index (χ2n) is 4.31. The average molecular weight is 327 g/mol. The predicted octanol–water partition coefficient (Wildman–Crippen LogP) is 2.24. The van der Waals surface area contributed by atoms with E-state index in [2.05, 4.69) is 20.6 Å². The zero-order chi connectivity index (χ0) is 15.2. The van der Waals surface area contributed by atoms with Crippen molar-refractivity contribution in [3.05, 3.63) is 43.6 Å². The summed E-state index contributed by atoms with van der Waals surface area (Å²) in [4.78, 5) is 29.8. The molecule has 0 atom stereocenters. The Labute approximate surface area is 130 Å². The molecular formula is C13H15ClN4O2S. The van der Waals surface area contributed by atoms with Gasteiger partial charge in [-0.25, -0.2) is 4.98 Å². The molecule has 0 radical (unpaired) electrons. The van der Waals surface area contributed by atoms with E-state index < -0.39 is 0 Å². The van der Waals surface area contributed by atoms with Crippen molar-refractivity contribution in [2.45, 2.75) is 19.9 Å². The van der Waals surface area contributed by atoms with Crippen LogP contribution in [0.3, 0.4) is 0 Å². The third-order valence-electron chi connectivity index (χ3n) is 2.63. The monoisotopic (exact) mass is 326 g/mol. The van der Waals surface area contributed by atoms with E-state index in [4.69, 9.17) is 11.6 Å². The first kappa shape index (κ1) is 15.5. The maximum Gasteiger partial charge on any atom is 0.304 e. The number of halogens is 1. The van der Waals surface area contributed by atoms with Crippen LogP contribution in [-0.4, -0.2) is 22.4 Å². The molecule has 3 N–H and O–H groups in total. The van der Waals surface area contributed by atoms with Crippen LogP contribution in [0.1, 0.15) is 29.5 Å². The first-order valence-electron chi connectivity index (χ1n) is 6.45. The van der Waals surface area contributed by atoms with Crippen molar-refractivity contribution in [1.82, 2.24) is 15.3 Å². The van der Waals surface area contributed by atoms with E-state index in [1.807, 2.05) is 6.92 Å². The average Bonchev–Trinajstić information content (AvgIpc) is 2.89. The highest BCUT2D eigenvalue weighted by atomic mass is 35.5. The normalized spacial score (nSPS) is 10.4. The fourth-order valence-electron chi connectivity index (χ4n) is 1.61. The fourth-order valence-corrected chi connectivity index (χ4v) is 2.39. The van der Waals surface area contributed by atoms with E-state index in [1.54, 1.807) is 17.5 Å². The van der Waals surface area contributed by atoms with E-state index in [0.717, 1.165) is 24.3 Å². The minimum Gasteiger partial charge on any atom is -0.370 e. The molecule has 2 rings (SSSR count). The van der Waals surface area contributed by atoms with Crippen LogP contribution < -0.4 is 15.5 Å². The molecule has 21 heavy (non-hydrogen) atoms. The zero-order valence-electron chi connectivity index (χ0n) is 11.4. The van der Waals surface area contributed by atoms with Gasteiger partial charge in [-0.1, -0.05) is 29.9 Å². The van der Waals surface area contributed by atoms with Crippen molar-refractivity contribution in [1.29, 1.82) is 0 Å². The van der Waals surface area contributed by atoms with Crippen molar-refractivity contribution in [2.75, 3.05) is 11.9 Å². The molecule has 0 unspecified atom stereocenters. The molecule has 0 bridgehead atoms. The number of nitrogens with zero attached hydrogens (tertiary/aromatic N) is 1. The molecule has 0 aliphatic carbocycles. The lowest BCUT2D eigenvalue weighted by Crippen LogP contribution is -2.25. The Hall–Kier alpha value is -1.86. The number of hydrogen-bond acceptors (Lipinski definition) is 5. The van der Waals surface area contributed by atoms with E-state index in [0.29, 0.717) is 11.5 Å². The number of hydrogen-bond donors (Lipinski definition) is 3. The van der Waals surface area contributed by atoms with Crippen molar-refractivity contribution in [2.24, 2.45) is 0 Å². The molecule has 8 heteroatoms. The number of amides is 1. The molecule has 112 valence electrons. The van der Waals surface area contributed by atoms with Crippen LogP contribution in [0.2, 0.25) is 5.02 Å². The number of thiazole rings is 1. The fraction of sp³-hybridized carbons (Fsp3) is 0.308. The molecule has 0 spiro atoms. The van der Waals surface area contributed by atoms with Crippen LogP contribution in [0.25, 0.3) is 0 Å². The van der Waals surface area contributed by atoms with Gasteiger partial charge in [0.15, 0.2) is 0 Å². The molecule has 0 aliphatic rings. The summed E-state index contributed by atoms with van der Waals surface area (Å²) in [6, 6.07) is 3.36. The summed E-state index contributed by atoms with van der Waals surface area (Å²) in [6.07, 6.45) is 0.956. The van der Waals surface area contributed by atoms with Crippen molar-refractivity contribution in [3.63, 3.8) is 0 Å². The van der Waals surface area contributed by atoms with Gasteiger partial charge in [0.1, 0.15) is 11.5 Å². The molecule has 2 aromatic heterocycles. The molecule has 1 amide bonds. The Morgan fingerprint density at radius 2 is 2.29 bits per heavy atom. The van der Waals surface area contributed by atoms with Gasteiger partial charge >= 0.3 is 4.87 Å². The number of nitrogens with one attached hydrogen (secondary N) is 3. The van der Waals surface area contributed by atoms with Crippen molar-refractivity contribution in [3.8, 4) is 0 Å². The lowest BCUT2D eigenvalue weighted by Gasteiger charge is -2.08. The second kappa shape index (κ2) is 7.24. The van der Waals surface area contributed by atoms with E-state index >= 15 is 0 Å². The van der Waals surface area contributed by atoms with Gasteiger partial charge in [0.05, 0.1) is 11.6 Å². The van der Waals surface area contributed by atoms with Crippen molar-refractivity contribution < 1.29 is 4.79 Å². The highest BCUT2D eigenvalue weighted by Gasteiger charge is 2.13. The minimum atomic E-state index is -0.382. The van der Waals surface area contributed by atoms with Crippen LogP contribution in [0.4, 0.5) is 5.82 Å². The SMILES string of the molecule is CCCNc1ccc(Cl)c(C(=O)NCc2csc(=O)[nH]2)n1. The summed E-state index contributed by atoms with van der Waals surface area (Å²) in [7, 11) is 0. The number of aromatic nitrogens is 2. The number of carbonyl (C=O) groups is 1. The zero-order valence-corrected chi connectivity index (χ0v) is 13.0. The van der Waals surface area contributed by atoms with Gasteiger partial charge in [-0.3, -0.25) is 9.59 Å². The van der Waals surface area contributed by atoms with Gasteiger partial charge in [0.25, 0.3) is 5.91 Å². The largest absolute Gasteiger partial charge is 0.370 e. The highest BCUT2D eigenvalue weighted by Crippen LogP contribution is 2.16. The number of anilines is 1. The highest BCUT2D eigenvalue weighted by molar-refractivity contribution is 7.07. The Kier molecular flexibility index (Phi) is 5.35. The molecule has 6 nitrogen and oxygen atoms in total. The quantitative estimate of drug-likeness (QED) is 0.759. The van der Waals surface area contributed by atoms with Gasteiger partial charge in [-0.2, -0.15) is 0 Å². The molecule has 0 saturated carbocycles. The Balaban J connectivity index is 2.05. The Morgan fingerprint density at radius 3 is 2.95 bits per heavy atom. The lowest BCUT2D eigenvalue weighted by molar-refractivity contribution is 0.0946. The third kappa shape index (κ3) is 4.30. The summed E-state index contributed by atoms with van der Waals surface area (Å²) < 4.78 is 0. The number of pyridine rings is 1. The van der Waals surface area contributed by atoms with Crippen LogP contribution in [-0.2, 0) is 6.54 Å². The van der Waals surface area contributed by atoms with Crippen molar-refractivity contribution >= 4 is 34.7 Å². The van der Waals surface area contributed by atoms with Crippen LogP contribution in [0.5, 0.6) is 0 Å². The Morgan fingerprint density at radius 1 is 1.48 bits per heavy atom. The summed E-state index contributed by atoms with van der Waals surface area (Å²) in [5, 5.41) is 7.72. The number of H-pyrrole nitrogens is 1.